The van der Waals surface area contributed by atoms with Crippen LogP contribution in [0.1, 0.15) is 45.0 Å². The third kappa shape index (κ3) is 2.80. The first kappa shape index (κ1) is 14.9. The molecule has 0 saturated heterocycles. The molecule has 0 aliphatic heterocycles. The average molecular weight is 251 g/mol. The summed E-state index contributed by atoms with van der Waals surface area (Å²) in [4.78, 5) is 12.5. The Labute approximate surface area is 110 Å². The Balaban J connectivity index is 2.92. The van der Waals surface area contributed by atoms with Crippen LogP contribution in [0.4, 0.5) is 0 Å². The second-order valence-corrected chi connectivity index (χ2v) is 4.88. The molecular weight excluding hydrogens is 226 g/mol. The molecule has 0 saturated carbocycles. The molecule has 0 aliphatic rings. The third-order valence-electron chi connectivity index (χ3n) is 3.96. The largest absolute Gasteiger partial charge is 0.329 e. The molecule has 18 heavy (non-hydrogen) atoms. The van der Waals surface area contributed by atoms with Crippen molar-refractivity contribution in [1.29, 1.82) is 0 Å². The maximum Gasteiger partial charge on any atom is 0.146 e. The highest BCUT2D eigenvalue weighted by Gasteiger charge is 2.33. The summed E-state index contributed by atoms with van der Waals surface area (Å²) in [7, 11) is 0. The van der Waals surface area contributed by atoms with Gasteiger partial charge in [0, 0.05) is 30.6 Å². The zero-order chi connectivity index (χ0) is 13.8. The van der Waals surface area contributed by atoms with Gasteiger partial charge in [-0.05, 0) is 32.8 Å². The minimum absolute atomic E-state index is 0.240. The number of carbonyl (C=O) groups excluding carboxylic acids is 1. The van der Waals surface area contributed by atoms with Crippen molar-refractivity contribution in [1.82, 2.24) is 9.78 Å². The smallest absolute Gasteiger partial charge is 0.146 e. The Kier molecular flexibility index (Phi) is 5.08. The van der Waals surface area contributed by atoms with Gasteiger partial charge in [0.2, 0.25) is 0 Å². The maximum atomic E-state index is 12.5. The van der Waals surface area contributed by atoms with Gasteiger partial charge >= 0.3 is 0 Å². The predicted molar refractivity (Wildman–Crippen MR) is 73.4 cm³/mol. The van der Waals surface area contributed by atoms with E-state index in [0.29, 0.717) is 13.0 Å². The minimum atomic E-state index is -0.364. The lowest BCUT2D eigenvalue weighted by atomic mass is 9.77. The van der Waals surface area contributed by atoms with E-state index in [-0.39, 0.29) is 11.2 Å². The summed E-state index contributed by atoms with van der Waals surface area (Å²) < 4.78 is 1.90. The molecule has 0 unspecified atom stereocenters. The lowest BCUT2D eigenvalue weighted by molar-refractivity contribution is -0.128. The average Bonchev–Trinajstić information content (AvgIpc) is 2.72. The highest BCUT2D eigenvalue weighted by atomic mass is 16.1. The van der Waals surface area contributed by atoms with Gasteiger partial charge in [0.1, 0.15) is 5.78 Å². The van der Waals surface area contributed by atoms with E-state index in [1.807, 2.05) is 38.4 Å². The van der Waals surface area contributed by atoms with Gasteiger partial charge in [0.15, 0.2) is 0 Å². The predicted octanol–water partition coefficient (Wildman–Crippen LogP) is 2.09. The summed E-state index contributed by atoms with van der Waals surface area (Å²) in [5.74, 6) is 0.240. The number of nitrogens with zero attached hydrogens (tertiary/aromatic N) is 2. The lowest BCUT2D eigenvalue weighted by Gasteiger charge is -2.28. The van der Waals surface area contributed by atoms with Crippen molar-refractivity contribution in [3.63, 3.8) is 0 Å². The van der Waals surface area contributed by atoms with E-state index in [0.717, 1.165) is 30.8 Å². The minimum Gasteiger partial charge on any atom is -0.329 e. The number of hydrogen-bond acceptors (Lipinski definition) is 3. The van der Waals surface area contributed by atoms with Crippen molar-refractivity contribution in [3.05, 3.63) is 17.5 Å². The zero-order valence-corrected chi connectivity index (χ0v) is 12.0. The van der Waals surface area contributed by atoms with Crippen LogP contribution in [0.3, 0.4) is 0 Å². The van der Waals surface area contributed by atoms with Gasteiger partial charge < -0.3 is 5.73 Å². The molecule has 0 aromatic carbocycles. The van der Waals surface area contributed by atoms with E-state index in [9.17, 15) is 4.79 Å². The lowest BCUT2D eigenvalue weighted by Crippen LogP contribution is -2.39. The fourth-order valence-corrected chi connectivity index (χ4v) is 2.41. The molecule has 102 valence electrons. The molecule has 0 amide bonds. The van der Waals surface area contributed by atoms with Gasteiger partial charge in [-0.25, -0.2) is 0 Å². The number of rotatable bonds is 7. The van der Waals surface area contributed by atoms with Crippen LogP contribution < -0.4 is 5.73 Å². The van der Waals surface area contributed by atoms with E-state index >= 15 is 0 Å². The first-order chi connectivity index (χ1) is 8.52. The summed E-state index contributed by atoms with van der Waals surface area (Å²) in [6.07, 6.45) is 2.05. The first-order valence-corrected chi connectivity index (χ1v) is 6.79. The van der Waals surface area contributed by atoms with Crippen molar-refractivity contribution in [2.75, 3.05) is 6.54 Å². The summed E-state index contributed by atoms with van der Waals surface area (Å²) in [6.45, 7) is 9.29. The monoisotopic (exact) mass is 251 g/mol. The number of aryl methyl sites for hydroxylation is 2. The van der Waals surface area contributed by atoms with Gasteiger partial charge in [-0.3, -0.25) is 9.48 Å². The maximum absolute atomic E-state index is 12.5. The van der Waals surface area contributed by atoms with E-state index in [1.165, 1.54) is 0 Å². The van der Waals surface area contributed by atoms with Crippen LogP contribution in [-0.2, 0) is 17.8 Å². The number of ketones is 1. The van der Waals surface area contributed by atoms with Gasteiger partial charge in [0.05, 0.1) is 5.69 Å². The molecule has 0 fully saturated rings. The zero-order valence-electron chi connectivity index (χ0n) is 12.0. The van der Waals surface area contributed by atoms with Crippen LogP contribution in [0.2, 0.25) is 0 Å². The van der Waals surface area contributed by atoms with Crippen molar-refractivity contribution < 1.29 is 4.79 Å². The Hall–Kier alpha value is -1.16. The standard InChI is InChI=1S/C14H25N3O/c1-5-14(6-2,10-15)13(18)9-12-8-11(4)16-17(12)7-3/h8H,5-7,9-10,15H2,1-4H3. The highest BCUT2D eigenvalue weighted by molar-refractivity contribution is 5.86. The second-order valence-electron chi connectivity index (χ2n) is 4.88. The quantitative estimate of drug-likeness (QED) is 0.807. The molecule has 2 N–H and O–H groups in total. The molecule has 1 aromatic heterocycles. The molecule has 1 rings (SSSR count). The SMILES string of the molecule is CCn1nc(C)cc1CC(=O)C(CC)(CC)CN. The van der Waals surface area contributed by atoms with Crippen molar-refractivity contribution in [3.8, 4) is 0 Å². The Morgan fingerprint density at radius 3 is 2.44 bits per heavy atom. The third-order valence-corrected chi connectivity index (χ3v) is 3.96. The number of aromatic nitrogens is 2. The fraction of sp³-hybridized carbons (Fsp3) is 0.714. The van der Waals surface area contributed by atoms with Crippen LogP contribution in [0.25, 0.3) is 0 Å². The molecule has 4 nitrogen and oxygen atoms in total. The van der Waals surface area contributed by atoms with E-state index in [2.05, 4.69) is 5.10 Å². The van der Waals surface area contributed by atoms with E-state index in [1.54, 1.807) is 0 Å². The van der Waals surface area contributed by atoms with Crippen LogP contribution in [0.5, 0.6) is 0 Å². The normalized spacial score (nSPS) is 11.8. The fourth-order valence-electron chi connectivity index (χ4n) is 2.41. The Morgan fingerprint density at radius 2 is 2.00 bits per heavy atom. The first-order valence-electron chi connectivity index (χ1n) is 6.79. The molecule has 1 aromatic rings. The number of Topliss-reactive ketones (excluding diaryl/α,β-unsaturated/α-hetero) is 1. The van der Waals surface area contributed by atoms with Crippen LogP contribution in [-0.4, -0.2) is 22.1 Å². The molecule has 0 bridgehead atoms. The van der Waals surface area contributed by atoms with Crippen molar-refractivity contribution in [2.45, 2.75) is 53.5 Å². The van der Waals surface area contributed by atoms with Gasteiger partial charge in [-0.15, -0.1) is 0 Å². The molecule has 0 aliphatic carbocycles. The number of nitrogens with two attached hydrogens (primary N) is 1. The van der Waals surface area contributed by atoms with Gasteiger partial charge in [-0.1, -0.05) is 13.8 Å². The summed E-state index contributed by atoms with van der Waals surface area (Å²) >= 11 is 0. The molecular formula is C14H25N3O. The summed E-state index contributed by atoms with van der Waals surface area (Å²) in [5.41, 5.74) is 7.42. The van der Waals surface area contributed by atoms with E-state index < -0.39 is 0 Å². The summed E-state index contributed by atoms with van der Waals surface area (Å²) in [6, 6.07) is 1.99. The molecule has 0 atom stereocenters. The molecule has 4 heteroatoms. The number of hydrogen-bond donors (Lipinski definition) is 1. The van der Waals surface area contributed by atoms with Crippen LogP contribution in [0.15, 0.2) is 6.07 Å². The van der Waals surface area contributed by atoms with Gasteiger partial charge in [-0.2, -0.15) is 5.10 Å². The van der Waals surface area contributed by atoms with Crippen LogP contribution >= 0.6 is 0 Å². The Bertz CT molecular complexity index is 397. The van der Waals surface area contributed by atoms with Crippen molar-refractivity contribution in [2.24, 2.45) is 11.1 Å². The Morgan fingerprint density at radius 1 is 1.39 bits per heavy atom. The molecule has 1 heterocycles. The molecule has 0 radical (unpaired) electrons. The van der Waals surface area contributed by atoms with Crippen molar-refractivity contribution >= 4 is 5.78 Å². The van der Waals surface area contributed by atoms with Gasteiger partial charge in [0.25, 0.3) is 0 Å². The number of carbonyl (C=O) groups is 1. The highest BCUT2D eigenvalue weighted by Crippen LogP contribution is 2.27. The van der Waals surface area contributed by atoms with E-state index in [4.69, 9.17) is 5.73 Å². The summed E-state index contributed by atoms with van der Waals surface area (Å²) in [5, 5.41) is 4.37. The molecule has 0 spiro atoms. The topological polar surface area (TPSA) is 60.9 Å². The van der Waals surface area contributed by atoms with Crippen LogP contribution in [0, 0.1) is 12.3 Å². The second kappa shape index (κ2) is 6.14.